The summed E-state index contributed by atoms with van der Waals surface area (Å²) in [7, 11) is 0. The zero-order valence-electron chi connectivity index (χ0n) is 20.8. The van der Waals surface area contributed by atoms with E-state index in [1.165, 1.54) is 10.8 Å². The second-order valence-corrected chi connectivity index (χ2v) is 9.40. The third kappa shape index (κ3) is 3.84. The summed E-state index contributed by atoms with van der Waals surface area (Å²) in [5.41, 5.74) is 10.1. The number of benzene rings is 6. The van der Waals surface area contributed by atoms with Crippen LogP contribution in [0.4, 0.5) is 0 Å². The van der Waals surface area contributed by atoms with Crippen molar-refractivity contribution in [3.05, 3.63) is 146 Å². The SMILES string of the molecule is c1ccc(-c2nc3c(-c4ccccc4)ccc(-c4cccc5ccccc45)c3nc2-c2ccccc2)cc1. The Morgan fingerprint density at radius 2 is 0.789 bits per heavy atom. The molecule has 0 aliphatic rings. The average Bonchev–Trinajstić information content (AvgIpc) is 3.01. The maximum atomic E-state index is 5.43. The molecular weight excluding hydrogens is 460 g/mol. The number of rotatable bonds is 4. The van der Waals surface area contributed by atoms with Crippen molar-refractivity contribution in [2.75, 3.05) is 0 Å². The molecular formula is C36H24N2. The predicted molar refractivity (Wildman–Crippen MR) is 159 cm³/mol. The molecule has 0 N–H and O–H groups in total. The molecule has 38 heavy (non-hydrogen) atoms. The topological polar surface area (TPSA) is 25.8 Å². The van der Waals surface area contributed by atoms with Crippen molar-refractivity contribution < 1.29 is 0 Å². The van der Waals surface area contributed by atoms with E-state index in [-0.39, 0.29) is 0 Å². The average molecular weight is 485 g/mol. The van der Waals surface area contributed by atoms with Crippen LogP contribution in [0.25, 0.3) is 66.6 Å². The van der Waals surface area contributed by atoms with Crippen LogP contribution in [-0.2, 0) is 0 Å². The van der Waals surface area contributed by atoms with E-state index in [0.29, 0.717) is 0 Å². The van der Waals surface area contributed by atoms with Gasteiger partial charge >= 0.3 is 0 Å². The lowest BCUT2D eigenvalue weighted by atomic mass is 9.93. The highest BCUT2D eigenvalue weighted by atomic mass is 14.8. The van der Waals surface area contributed by atoms with Gasteiger partial charge in [-0.15, -0.1) is 0 Å². The van der Waals surface area contributed by atoms with Crippen LogP contribution in [-0.4, -0.2) is 9.97 Å². The van der Waals surface area contributed by atoms with Crippen molar-refractivity contribution >= 4 is 21.8 Å². The second kappa shape index (κ2) is 9.42. The van der Waals surface area contributed by atoms with Crippen molar-refractivity contribution in [3.63, 3.8) is 0 Å². The van der Waals surface area contributed by atoms with Crippen LogP contribution in [0.1, 0.15) is 0 Å². The molecule has 0 aliphatic heterocycles. The van der Waals surface area contributed by atoms with Gasteiger partial charge in [0.1, 0.15) is 0 Å². The number of fused-ring (bicyclic) bond motifs is 2. The summed E-state index contributed by atoms with van der Waals surface area (Å²) in [5, 5.41) is 2.42. The Kier molecular flexibility index (Phi) is 5.49. The summed E-state index contributed by atoms with van der Waals surface area (Å²) in [5.74, 6) is 0. The number of nitrogens with zero attached hydrogens (tertiary/aromatic N) is 2. The Bertz CT molecular complexity index is 1890. The summed E-state index contributed by atoms with van der Waals surface area (Å²) in [6, 6.07) is 50.6. The molecule has 2 heteroatoms. The zero-order valence-corrected chi connectivity index (χ0v) is 20.8. The summed E-state index contributed by atoms with van der Waals surface area (Å²) in [4.78, 5) is 10.8. The molecule has 178 valence electrons. The third-order valence-electron chi connectivity index (χ3n) is 7.08. The first-order valence-corrected chi connectivity index (χ1v) is 12.9. The standard InChI is InChI=1S/C36H24N2/c1-4-13-26(14-5-1)30-23-24-32(31-22-12-20-25-15-10-11-21-29(25)31)36-35(30)37-33(27-16-6-2-7-17-27)34(38-36)28-18-8-3-9-19-28/h1-24H. The van der Waals surface area contributed by atoms with Gasteiger partial charge in [-0.1, -0.05) is 146 Å². The van der Waals surface area contributed by atoms with Crippen LogP contribution >= 0.6 is 0 Å². The molecule has 0 bridgehead atoms. The molecule has 0 saturated heterocycles. The Hall–Kier alpha value is -5.08. The molecule has 0 aliphatic carbocycles. The third-order valence-corrected chi connectivity index (χ3v) is 7.08. The fourth-order valence-electron chi connectivity index (χ4n) is 5.26. The smallest absolute Gasteiger partial charge is 0.0979 e. The maximum Gasteiger partial charge on any atom is 0.0979 e. The van der Waals surface area contributed by atoms with E-state index in [1.54, 1.807) is 0 Å². The van der Waals surface area contributed by atoms with Crippen molar-refractivity contribution in [3.8, 4) is 44.8 Å². The number of hydrogen-bond donors (Lipinski definition) is 0. The monoisotopic (exact) mass is 484 g/mol. The lowest BCUT2D eigenvalue weighted by Crippen LogP contribution is -1.99. The van der Waals surface area contributed by atoms with Crippen LogP contribution in [0, 0.1) is 0 Å². The minimum atomic E-state index is 0.885. The highest BCUT2D eigenvalue weighted by Crippen LogP contribution is 2.40. The lowest BCUT2D eigenvalue weighted by Gasteiger charge is -2.16. The first-order valence-electron chi connectivity index (χ1n) is 12.9. The molecule has 7 rings (SSSR count). The summed E-state index contributed by atoms with van der Waals surface area (Å²) >= 11 is 0. The fourth-order valence-corrected chi connectivity index (χ4v) is 5.26. The van der Waals surface area contributed by atoms with Gasteiger partial charge in [0, 0.05) is 22.3 Å². The van der Waals surface area contributed by atoms with Gasteiger partial charge in [0.15, 0.2) is 0 Å². The minimum Gasteiger partial charge on any atom is -0.243 e. The maximum absolute atomic E-state index is 5.43. The molecule has 7 aromatic rings. The summed E-state index contributed by atoms with van der Waals surface area (Å²) in [6.07, 6.45) is 0. The Morgan fingerprint density at radius 3 is 1.42 bits per heavy atom. The number of hydrogen-bond acceptors (Lipinski definition) is 2. The molecule has 0 spiro atoms. The van der Waals surface area contributed by atoms with Gasteiger partial charge in [-0.25, -0.2) is 9.97 Å². The highest BCUT2D eigenvalue weighted by Gasteiger charge is 2.19. The van der Waals surface area contributed by atoms with Crippen LogP contribution in [0.3, 0.4) is 0 Å². The molecule has 0 atom stereocenters. The van der Waals surface area contributed by atoms with Crippen LogP contribution in [0.2, 0.25) is 0 Å². The van der Waals surface area contributed by atoms with Crippen LogP contribution in [0.15, 0.2) is 146 Å². The van der Waals surface area contributed by atoms with Gasteiger partial charge < -0.3 is 0 Å². The Morgan fingerprint density at radius 1 is 0.316 bits per heavy atom. The molecule has 1 heterocycles. The van der Waals surface area contributed by atoms with Crippen LogP contribution < -0.4 is 0 Å². The van der Waals surface area contributed by atoms with Gasteiger partial charge in [0.2, 0.25) is 0 Å². The van der Waals surface area contributed by atoms with E-state index in [9.17, 15) is 0 Å². The molecule has 0 saturated carbocycles. The normalized spacial score (nSPS) is 11.2. The lowest BCUT2D eigenvalue weighted by molar-refractivity contribution is 1.29. The van der Waals surface area contributed by atoms with Gasteiger partial charge in [-0.2, -0.15) is 0 Å². The van der Waals surface area contributed by atoms with Crippen molar-refractivity contribution in [2.45, 2.75) is 0 Å². The molecule has 0 fully saturated rings. The van der Waals surface area contributed by atoms with Crippen molar-refractivity contribution in [1.82, 2.24) is 9.97 Å². The summed E-state index contributed by atoms with van der Waals surface area (Å²) in [6.45, 7) is 0. The van der Waals surface area contributed by atoms with E-state index in [1.807, 2.05) is 18.2 Å². The first kappa shape index (κ1) is 22.1. The van der Waals surface area contributed by atoms with Crippen molar-refractivity contribution in [1.29, 1.82) is 0 Å². The van der Waals surface area contributed by atoms with Crippen LogP contribution in [0.5, 0.6) is 0 Å². The largest absolute Gasteiger partial charge is 0.243 e. The Labute approximate surface area is 221 Å². The van der Waals surface area contributed by atoms with Gasteiger partial charge in [-0.05, 0) is 21.9 Å². The van der Waals surface area contributed by atoms with Gasteiger partial charge in [0.05, 0.1) is 22.4 Å². The zero-order chi connectivity index (χ0) is 25.3. The molecule has 0 unspecified atom stereocenters. The van der Waals surface area contributed by atoms with E-state index in [4.69, 9.17) is 9.97 Å². The quantitative estimate of drug-likeness (QED) is 0.249. The second-order valence-electron chi connectivity index (χ2n) is 9.40. The van der Waals surface area contributed by atoms with E-state index in [0.717, 1.165) is 55.8 Å². The molecule has 0 radical (unpaired) electrons. The number of aromatic nitrogens is 2. The molecule has 0 amide bonds. The Balaban J connectivity index is 1.62. The highest BCUT2D eigenvalue weighted by molar-refractivity contribution is 6.08. The van der Waals surface area contributed by atoms with E-state index >= 15 is 0 Å². The summed E-state index contributed by atoms with van der Waals surface area (Å²) < 4.78 is 0. The predicted octanol–water partition coefficient (Wildman–Crippen LogP) is 9.45. The molecule has 1 aromatic heterocycles. The first-order chi connectivity index (χ1) is 18.9. The van der Waals surface area contributed by atoms with Crippen molar-refractivity contribution in [2.24, 2.45) is 0 Å². The van der Waals surface area contributed by atoms with Gasteiger partial charge in [-0.3, -0.25) is 0 Å². The van der Waals surface area contributed by atoms with E-state index in [2.05, 4.69) is 127 Å². The molecule has 2 nitrogen and oxygen atoms in total. The fraction of sp³-hybridized carbons (Fsp3) is 0. The van der Waals surface area contributed by atoms with Gasteiger partial charge in [0.25, 0.3) is 0 Å². The van der Waals surface area contributed by atoms with E-state index < -0.39 is 0 Å². The minimum absolute atomic E-state index is 0.885. The molecule has 6 aromatic carbocycles.